The fraction of sp³-hybridized carbons (Fsp3) is 0.400. The van der Waals surface area contributed by atoms with E-state index in [9.17, 15) is 14.4 Å². The number of fused-ring (bicyclic) bond motifs is 1. The smallest absolute Gasteiger partial charge is 0.254 e. The van der Waals surface area contributed by atoms with E-state index in [2.05, 4.69) is 15.6 Å². The molecule has 2 aromatic rings. The maximum atomic E-state index is 12.8. The first kappa shape index (κ1) is 18.6. The third-order valence-electron chi connectivity index (χ3n) is 5.18. The molecule has 1 aromatic heterocycles. The number of thiazole rings is 1. The normalized spacial score (nSPS) is 16.1. The first-order valence-corrected chi connectivity index (χ1v) is 10.3. The van der Waals surface area contributed by atoms with Crippen LogP contribution in [0.4, 0.5) is 10.8 Å². The summed E-state index contributed by atoms with van der Waals surface area (Å²) in [6.45, 7) is 2.54. The maximum absolute atomic E-state index is 12.8. The molecule has 28 heavy (non-hydrogen) atoms. The predicted molar refractivity (Wildman–Crippen MR) is 107 cm³/mol. The van der Waals surface area contributed by atoms with E-state index in [1.807, 2.05) is 0 Å². The fourth-order valence-electron chi connectivity index (χ4n) is 3.38. The van der Waals surface area contributed by atoms with E-state index in [1.54, 1.807) is 29.2 Å². The van der Waals surface area contributed by atoms with E-state index in [0.717, 1.165) is 29.8 Å². The van der Waals surface area contributed by atoms with Gasteiger partial charge in [0, 0.05) is 41.9 Å². The molecule has 146 valence electrons. The van der Waals surface area contributed by atoms with Gasteiger partial charge in [-0.05, 0) is 37.1 Å². The Labute approximate surface area is 167 Å². The topological polar surface area (TPSA) is 91.4 Å². The van der Waals surface area contributed by atoms with Crippen molar-refractivity contribution in [1.29, 1.82) is 0 Å². The summed E-state index contributed by atoms with van der Waals surface area (Å²) in [6, 6.07) is 6.90. The van der Waals surface area contributed by atoms with Crippen LogP contribution < -0.4 is 10.6 Å². The summed E-state index contributed by atoms with van der Waals surface area (Å²) in [5, 5.41) is 6.26. The predicted octanol–water partition coefficient (Wildman–Crippen LogP) is 3.04. The molecular formula is C20H22N4O3S. The van der Waals surface area contributed by atoms with Gasteiger partial charge in [-0.2, -0.15) is 0 Å². The zero-order valence-corrected chi connectivity index (χ0v) is 16.5. The number of hydrogen-bond donors (Lipinski definition) is 2. The molecule has 1 saturated carbocycles. The third-order valence-corrected chi connectivity index (χ3v) is 6.17. The van der Waals surface area contributed by atoms with Gasteiger partial charge in [0.15, 0.2) is 5.13 Å². The maximum Gasteiger partial charge on any atom is 0.254 e. The molecule has 0 spiro atoms. The Morgan fingerprint density at radius 3 is 2.54 bits per heavy atom. The van der Waals surface area contributed by atoms with Crippen LogP contribution in [0.25, 0.3) is 0 Å². The van der Waals surface area contributed by atoms with Crippen molar-refractivity contribution in [3.63, 3.8) is 0 Å². The molecule has 1 aliphatic heterocycles. The van der Waals surface area contributed by atoms with Crippen LogP contribution in [0.1, 0.15) is 47.1 Å². The molecule has 2 aliphatic rings. The lowest BCUT2D eigenvalue weighted by Gasteiger charge is -2.26. The molecule has 1 fully saturated rings. The quantitative estimate of drug-likeness (QED) is 0.828. The zero-order chi connectivity index (χ0) is 19.7. The summed E-state index contributed by atoms with van der Waals surface area (Å²) in [7, 11) is 0. The van der Waals surface area contributed by atoms with E-state index in [0.29, 0.717) is 35.9 Å². The lowest BCUT2D eigenvalue weighted by Crippen LogP contribution is -2.35. The molecule has 4 rings (SSSR count). The minimum atomic E-state index is -0.145. The SMILES string of the molecule is CC(=O)Nc1ccc(C(=O)N2CCc3nc(NC(=O)C4CCC4)sc3C2)cc1. The van der Waals surface area contributed by atoms with Gasteiger partial charge >= 0.3 is 0 Å². The molecular weight excluding hydrogens is 376 g/mol. The van der Waals surface area contributed by atoms with Crippen LogP contribution in [0.2, 0.25) is 0 Å². The standard InChI is InChI=1S/C20H22N4O3S/c1-12(25)21-15-7-5-14(6-8-15)19(27)24-10-9-16-17(11-24)28-20(22-16)23-18(26)13-3-2-4-13/h5-8,13H,2-4,9-11H2,1H3,(H,21,25)(H,22,23,26). The van der Waals surface area contributed by atoms with Crippen molar-refractivity contribution in [2.45, 2.75) is 39.2 Å². The van der Waals surface area contributed by atoms with Crippen LogP contribution in [0, 0.1) is 5.92 Å². The highest BCUT2D eigenvalue weighted by Crippen LogP contribution is 2.32. The number of anilines is 2. The van der Waals surface area contributed by atoms with Crippen LogP contribution in [0.3, 0.4) is 0 Å². The van der Waals surface area contributed by atoms with Gasteiger partial charge in [0.25, 0.3) is 5.91 Å². The summed E-state index contributed by atoms with van der Waals surface area (Å²) in [5.74, 6) is -0.00878. The number of nitrogens with one attached hydrogen (secondary N) is 2. The Morgan fingerprint density at radius 2 is 1.89 bits per heavy atom. The number of benzene rings is 1. The Hall–Kier alpha value is -2.74. The van der Waals surface area contributed by atoms with Gasteiger partial charge in [-0.25, -0.2) is 4.98 Å². The number of aromatic nitrogens is 1. The number of nitrogens with zero attached hydrogens (tertiary/aromatic N) is 2. The largest absolute Gasteiger partial charge is 0.333 e. The molecule has 2 heterocycles. The summed E-state index contributed by atoms with van der Waals surface area (Å²) in [6.07, 6.45) is 3.72. The van der Waals surface area contributed by atoms with E-state index in [4.69, 9.17) is 0 Å². The molecule has 3 amide bonds. The molecule has 2 N–H and O–H groups in total. The summed E-state index contributed by atoms with van der Waals surface area (Å²) >= 11 is 1.46. The number of amides is 3. The van der Waals surface area contributed by atoms with Crippen LogP contribution in [-0.2, 0) is 22.6 Å². The number of carbonyl (C=O) groups is 3. The second-order valence-corrected chi connectivity index (χ2v) is 8.32. The Bertz CT molecular complexity index is 918. The monoisotopic (exact) mass is 398 g/mol. The summed E-state index contributed by atoms with van der Waals surface area (Å²) in [4.78, 5) is 43.4. The van der Waals surface area contributed by atoms with Crippen molar-refractivity contribution >= 4 is 39.9 Å². The van der Waals surface area contributed by atoms with Crippen LogP contribution in [0.15, 0.2) is 24.3 Å². The second-order valence-electron chi connectivity index (χ2n) is 7.24. The highest BCUT2D eigenvalue weighted by atomic mass is 32.1. The van der Waals surface area contributed by atoms with E-state index in [-0.39, 0.29) is 23.6 Å². The van der Waals surface area contributed by atoms with Gasteiger partial charge < -0.3 is 15.5 Å². The van der Waals surface area contributed by atoms with Gasteiger partial charge in [-0.3, -0.25) is 14.4 Å². The molecule has 7 nitrogen and oxygen atoms in total. The molecule has 0 unspecified atom stereocenters. The fourth-order valence-corrected chi connectivity index (χ4v) is 4.41. The van der Waals surface area contributed by atoms with E-state index >= 15 is 0 Å². The van der Waals surface area contributed by atoms with Crippen molar-refractivity contribution in [1.82, 2.24) is 9.88 Å². The third kappa shape index (κ3) is 3.91. The van der Waals surface area contributed by atoms with Gasteiger partial charge in [0.1, 0.15) is 0 Å². The molecule has 1 aliphatic carbocycles. The number of rotatable bonds is 4. The van der Waals surface area contributed by atoms with Crippen LogP contribution >= 0.6 is 11.3 Å². The average molecular weight is 398 g/mol. The summed E-state index contributed by atoms with van der Waals surface area (Å²) in [5.41, 5.74) is 2.22. The van der Waals surface area contributed by atoms with Crippen molar-refractivity contribution in [2.24, 2.45) is 5.92 Å². The minimum Gasteiger partial charge on any atom is -0.333 e. The van der Waals surface area contributed by atoms with Crippen molar-refractivity contribution < 1.29 is 14.4 Å². The second kappa shape index (κ2) is 7.71. The molecule has 1 aromatic carbocycles. The molecule has 8 heteroatoms. The molecule has 0 saturated heterocycles. The van der Waals surface area contributed by atoms with Gasteiger partial charge in [0.05, 0.1) is 12.2 Å². The number of hydrogen-bond acceptors (Lipinski definition) is 5. The Morgan fingerprint density at radius 1 is 1.14 bits per heavy atom. The van der Waals surface area contributed by atoms with Gasteiger partial charge in [-0.15, -0.1) is 0 Å². The van der Waals surface area contributed by atoms with Crippen LogP contribution in [0.5, 0.6) is 0 Å². The molecule has 0 bridgehead atoms. The average Bonchev–Trinajstić information content (AvgIpc) is 3.00. The first-order valence-electron chi connectivity index (χ1n) is 9.46. The van der Waals surface area contributed by atoms with Crippen molar-refractivity contribution in [3.8, 4) is 0 Å². The van der Waals surface area contributed by atoms with E-state index < -0.39 is 0 Å². The summed E-state index contributed by atoms with van der Waals surface area (Å²) < 4.78 is 0. The zero-order valence-electron chi connectivity index (χ0n) is 15.7. The van der Waals surface area contributed by atoms with Crippen molar-refractivity contribution in [2.75, 3.05) is 17.2 Å². The lowest BCUT2D eigenvalue weighted by atomic mass is 9.85. The first-order chi connectivity index (χ1) is 13.5. The Kier molecular flexibility index (Phi) is 5.13. The lowest BCUT2D eigenvalue weighted by molar-refractivity contribution is -0.122. The Balaban J connectivity index is 1.41. The van der Waals surface area contributed by atoms with Crippen molar-refractivity contribution in [3.05, 3.63) is 40.4 Å². The highest BCUT2D eigenvalue weighted by molar-refractivity contribution is 7.15. The minimum absolute atomic E-state index is 0.0477. The highest BCUT2D eigenvalue weighted by Gasteiger charge is 2.28. The van der Waals surface area contributed by atoms with Crippen LogP contribution in [-0.4, -0.2) is 34.2 Å². The number of carbonyl (C=O) groups excluding carboxylic acids is 3. The molecule has 0 radical (unpaired) electrons. The van der Waals surface area contributed by atoms with Gasteiger partial charge in [-0.1, -0.05) is 17.8 Å². The molecule has 0 atom stereocenters. The van der Waals surface area contributed by atoms with E-state index in [1.165, 1.54) is 18.3 Å². The van der Waals surface area contributed by atoms with Gasteiger partial charge in [0.2, 0.25) is 11.8 Å².